The van der Waals surface area contributed by atoms with Gasteiger partial charge in [-0.05, 0) is 50.8 Å². The minimum absolute atomic E-state index is 0.451. The zero-order valence-electron chi connectivity index (χ0n) is 13.6. The molecule has 0 fully saturated rings. The van der Waals surface area contributed by atoms with Gasteiger partial charge < -0.3 is 4.74 Å². The Labute approximate surface area is 133 Å². The molecule has 0 radical (unpaired) electrons. The van der Waals surface area contributed by atoms with Crippen molar-refractivity contribution < 1.29 is 4.74 Å². The van der Waals surface area contributed by atoms with Gasteiger partial charge in [-0.15, -0.1) is 0 Å². The van der Waals surface area contributed by atoms with Gasteiger partial charge >= 0.3 is 0 Å². The number of aryl methyl sites for hydroxylation is 2. The first kappa shape index (κ1) is 16.1. The van der Waals surface area contributed by atoms with Crippen molar-refractivity contribution in [2.45, 2.75) is 39.0 Å². The van der Waals surface area contributed by atoms with Crippen molar-refractivity contribution in [2.75, 3.05) is 6.61 Å². The van der Waals surface area contributed by atoms with Gasteiger partial charge in [0, 0.05) is 0 Å². The number of hydrogen-bond donors (Lipinski definition) is 0. The molecule has 22 heavy (non-hydrogen) atoms. The molecule has 0 bridgehead atoms. The SMILES string of the molecule is Cc1ccc(OCCCC(C)(C#N)c2ccccc2)c(C)c1. The lowest BCUT2D eigenvalue weighted by atomic mass is 9.80. The molecule has 0 spiro atoms. The monoisotopic (exact) mass is 293 g/mol. The number of rotatable bonds is 6. The van der Waals surface area contributed by atoms with Crippen molar-refractivity contribution in [3.8, 4) is 11.8 Å². The summed E-state index contributed by atoms with van der Waals surface area (Å²) in [7, 11) is 0. The molecule has 114 valence electrons. The van der Waals surface area contributed by atoms with Crippen molar-refractivity contribution in [1.82, 2.24) is 0 Å². The fourth-order valence-corrected chi connectivity index (χ4v) is 2.64. The van der Waals surface area contributed by atoms with E-state index in [0.29, 0.717) is 6.61 Å². The van der Waals surface area contributed by atoms with Crippen molar-refractivity contribution in [3.63, 3.8) is 0 Å². The maximum absolute atomic E-state index is 9.54. The van der Waals surface area contributed by atoms with Gasteiger partial charge in [-0.2, -0.15) is 5.26 Å². The molecule has 0 aliphatic carbocycles. The Hall–Kier alpha value is -2.27. The third-order valence-electron chi connectivity index (χ3n) is 4.07. The quantitative estimate of drug-likeness (QED) is 0.706. The van der Waals surface area contributed by atoms with Gasteiger partial charge in [0.25, 0.3) is 0 Å². The molecule has 2 nitrogen and oxygen atoms in total. The first-order chi connectivity index (χ1) is 10.5. The van der Waals surface area contributed by atoms with E-state index in [0.717, 1.165) is 29.7 Å². The number of nitriles is 1. The maximum Gasteiger partial charge on any atom is 0.122 e. The second-order valence-electron chi connectivity index (χ2n) is 6.03. The van der Waals surface area contributed by atoms with Gasteiger partial charge in [-0.1, -0.05) is 48.0 Å². The Kier molecular flexibility index (Phi) is 5.22. The Bertz CT molecular complexity index is 657. The summed E-state index contributed by atoms with van der Waals surface area (Å²) in [5.74, 6) is 0.934. The summed E-state index contributed by atoms with van der Waals surface area (Å²) in [6, 6.07) is 18.6. The summed E-state index contributed by atoms with van der Waals surface area (Å²) in [6.07, 6.45) is 1.64. The van der Waals surface area contributed by atoms with Crippen LogP contribution in [0.2, 0.25) is 0 Å². The van der Waals surface area contributed by atoms with Crippen LogP contribution >= 0.6 is 0 Å². The minimum Gasteiger partial charge on any atom is -0.493 e. The van der Waals surface area contributed by atoms with E-state index in [9.17, 15) is 5.26 Å². The third kappa shape index (κ3) is 3.89. The molecule has 1 atom stereocenters. The number of benzene rings is 2. The van der Waals surface area contributed by atoms with Crippen LogP contribution in [0.1, 0.15) is 36.5 Å². The highest BCUT2D eigenvalue weighted by atomic mass is 16.5. The molecule has 0 heterocycles. The molecule has 1 unspecified atom stereocenters. The number of ether oxygens (including phenoxy) is 1. The van der Waals surface area contributed by atoms with Crippen LogP contribution < -0.4 is 4.74 Å². The maximum atomic E-state index is 9.54. The predicted octanol–water partition coefficient (Wildman–Crippen LogP) is 4.94. The van der Waals surface area contributed by atoms with Crippen molar-refractivity contribution in [2.24, 2.45) is 0 Å². The second kappa shape index (κ2) is 7.13. The molecule has 2 aromatic carbocycles. The fraction of sp³-hybridized carbons (Fsp3) is 0.350. The van der Waals surface area contributed by atoms with E-state index in [-0.39, 0.29) is 0 Å². The van der Waals surface area contributed by atoms with E-state index in [1.54, 1.807) is 0 Å². The van der Waals surface area contributed by atoms with Crippen LogP contribution in [0.4, 0.5) is 0 Å². The van der Waals surface area contributed by atoms with Gasteiger partial charge in [0.05, 0.1) is 18.1 Å². The Balaban J connectivity index is 1.91. The zero-order chi connectivity index (χ0) is 16.0. The second-order valence-corrected chi connectivity index (χ2v) is 6.03. The van der Waals surface area contributed by atoms with E-state index in [4.69, 9.17) is 4.74 Å². The van der Waals surface area contributed by atoms with E-state index >= 15 is 0 Å². The molecule has 0 N–H and O–H groups in total. The van der Waals surface area contributed by atoms with Crippen LogP contribution in [0.5, 0.6) is 5.75 Å². The van der Waals surface area contributed by atoms with Gasteiger partial charge in [0.15, 0.2) is 0 Å². The molecule has 2 aromatic rings. The summed E-state index contributed by atoms with van der Waals surface area (Å²) in [6.45, 7) is 6.77. The highest BCUT2D eigenvalue weighted by Crippen LogP contribution is 2.28. The summed E-state index contributed by atoms with van der Waals surface area (Å²) in [4.78, 5) is 0. The van der Waals surface area contributed by atoms with Crippen molar-refractivity contribution >= 4 is 0 Å². The van der Waals surface area contributed by atoms with Gasteiger partial charge in [-0.25, -0.2) is 0 Å². The first-order valence-electron chi connectivity index (χ1n) is 7.72. The summed E-state index contributed by atoms with van der Waals surface area (Å²) in [5, 5.41) is 9.54. The molecule has 0 aromatic heterocycles. The smallest absolute Gasteiger partial charge is 0.122 e. The molecule has 0 aliphatic rings. The van der Waals surface area contributed by atoms with Crippen LogP contribution in [0, 0.1) is 25.2 Å². The topological polar surface area (TPSA) is 33.0 Å². The van der Waals surface area contributed by atoms with E-state index in [1.165, 1.54) is 5.56 Å². The standard InChI is InChI=1S/C20H23NO/c1-16-10-11-19(17(2)14-16)22-13-7-12-20(3,15-21)18-8-5-4-6-9-18/h4-6,8-11,14H,7,12-13H2,1-3H3. The van der Waals surface area contributed by atoms with E-state index in [1.807, 2.05) is 43.3 Å². The highest BCUT2D eigenvalue weighted by Gasteiger charge is 2.25. The average Bonchev–Trinajstić information content (AvgIpc) is 2.54. The van der Waals surface area contributed by atoms with Gasteiger partial charge in [0.1, 0.15) is 5.75 Å². The molecular formula is C20H23NO. The number of nitrogens with zero attached hydrogens (tertiary/aromatic N) is 1. The summed E-state index contributed by atoms with van der Waals surface area (Å²) < 4.78 is 5.86. The Morgan fingerprint density at radius 2 is 1.82 bits per heavy atom. The lowest BCUT2D eigenvalue weighted by molar-refractivity contribution is 0.294. The first-order valence-corrected chi connectivity index (χ1v) is 7.72. The van der Waals surface area contributed by atoms with Gasteiger partial charge in [0.2, 0.25) is 0 Å². The van der Waals surface area contributed by atoms with Crippen LogP contribution in [0.25, 0.3) is 0 Å². The minimum atomic E-state index is -0.451. The summed E-state index contributed by atoms with van der Waals surface area (Å²) >= 11 is 0. The Morgan fingerprint density at radius 1 is 1.09 bits per heavy atom. The van der Waals surface area contributed by atoms with E-state index in [2.05, 4.69) is 32.0 Å². The van der Waals surface area contributed by atoms with Crippen molar-refractivity contribution in [1.29, 1.82) is 5.26 Å². The molecule has 0 aliphatic heterocycles. The van der Waals surface area contributed by atoms with Crippen molar-refractivity contribution in [3.05, 3.63) is 65.2 Å². The number of hydrogen-bond acceptors (Lipinski definition) is 2. The van der Waals surface area contributed by atoms with Gasteiger partial charge in [-0.3, -0.25) is 0 Å². The molecule has 0 amide bonds. The lowest BCUT2D eigenvalue weighted by Gasteiger charge is -2.22. The van der Waals surface area contributed by atoms with Crippen LogP contribution in [-0.4, -0.2) is 6.61 Å². The molecule has 0 saturated heterocycles. The largest absolute Gasteiger partial charge is 0.493 e. The van der Waals surface area contributed by atoms with E-state index < -0.39 is 5.41 Å². The molecule has 0 saturated carbocycles. The molecular weight excluding hydrogens is 270 g/mol. The predicted molar refractivity (Wildman–Crippen MR) is 90.1 cm³/mol. The van der Waals surface area contributed by atoms with Crippen LogP contribution in [-0.2, 0) is 5.41 Å². The fourth-order valence-electron chi connectivity index (χ4n) is 2.64. The lowest BCUT2D eigenvalue weighted by Crippen LogP contribution is -2.20. The van der Waals surface area contributed by atoms with Crippen LogP contribution in [0.15, 0.2) is 48.5 Å². The zero-order valence-corrected chi connectivity index (χ0v) is 13.6. The average molecular weight is 293 g/mol. The van der Waals surface area contributed by atoms with Crippen LogP contribution in [0.3, 0.4) is 0 Å². The molecule has 2 heteroatoms. The molecule has 2 rings (SSSR count). The highest BCUT2D eigenvalue weighted by molar-refractivity contribution is 5.35. The summed E-state index contributed by atoms with van der Waals surface area (Å²) in [5.41, 5.74) is 3.02. The Morgan fingerprint density at radius 3 is 2.45 bits per heavy atom. The normalized spacial score (nSPS) is 13.2. The third-order valence-corrected chi connectivity index (χ3v) is 4.07.